The van der Waals surface area contributed by atoms with Crippen LogP contribution in [0.4, 0.5) is 4.79 Å². The monoisotopic (exact) mass is 269 g/mol. The molecule has 0 saturated heterocycles. The molecule has 0 fully saturated rings. The Labute approximate surface area is 111 Å². The van der Waals surface area contributed by atoms with Crippen molar-refractivity contribution in [3.63, 3.8) is 0 Å². The average molecular weight is 269 g/mol. The van der Waals surface area contributed by atoms with Crippen LogP contribution in [0, 0.1) is 5.92 Å². The van der Waals surface area contributed by atoms with Gasteiger partial charge in [-0.25, -0.2) is 9.78 Å². The SMILES string of the molecule is CCC(CNC(=O)NCCc1ncn(C)n1)C(=O)O. The molecule has 106 valence electrons. The maximum Gasteiger partial charge on any atom is 0.314 e. The molecule has 1 unspecified atom stereocenters. The Morgan fingerprint density at radius 1 is 1.47 bits per heavy atom. The number of amides is 2. The van der Waals surface area contributed by atoms with Gasteiger partial charge in [0.1, 0.15) is 6.33 Å². The molecule has 19 heavy (non-hydrogen) atoms. The van der Waals surface area contributed by atoms with Crippen molar-refractivity contribution in [2.24, 2.45) is 13.0 Å². The first-order chi connectivity index (χ1) is 9.02. The standard InChI is InChI=1S/C11H19N5O3/c1-3-8(10(17)18)6-13-11(19)12-5-4-9-14-7-16(2)15-9/h7-8H,3-6H2,1-2H3,(H,17,18)(H2,12,13,19). The van der Waals surface area contributed by atoms with Crippen LogP contribution in [-0.4, -0.2) is 45.0 Å². The summed E-state index contributed by atoms with van der Waals surface area (Å²) in [5.74, 6) is -0.802. The Morgan fingerprint density at radius 3 is 2.74 bits per heavy atom. The third kappa shape index (κ3) is 5.36. The van der Waals surface area contributed by atoms with Gasteiger partial charge in [0.15, 0.2) is 5.82 Å². The molecule has 0 aliphatic rings. The van der Waals surface area contributed by atoms with Gasteiger partial charge in [0.2, 0.25) is 0 Å². The molecule has 8 heteroatoms. The number of urea groups is 1. The maximum atomic E-state index is 11.4. The highest BCUT2D eigenvalue weighted by molar-refractivity contribution is 5.75. The summed E-state index contributed by atoms with van der Waals surface area (Å²) in [4.78, 5) is 26.2. The highest BCUT2D eigenvalue weighted by Gasteiger charge is 2.15. The van der Waals surface area contributed by atoms with Crippen molar-refractivity contribution < 1.29 is 14.7 Å². The van der Waals surface area contributed by atoms with Crippen molar-refractivity contribution >= 4 is 12.0 Å². The van der Waals surface area contributed by atoms with Crippen LogP contribution in [0.1, 0.15) is 19.2 Å². The number of aliphatic carboxylic acids is 1. The zero-order chi connectivity index (χ0) is 14.3. The van der Waals surface area contributed by atoms with E-state index in [1.165, 1.54) is 0 Å². The number of hydrogen-bond donors (Lipinski definition) is 3. The lowest BCUT2D eigenvalue weighted by Gasteiger charge is -2.11. The predicted octanol–water partition coefficient (Wildman–Crippen LogP) is -0.232. The van der Waals surface area contributed by atoms with E-state index in [9.17, 15) is 9.59 Å². The Kier molecular flexibility index (Phi) is 5.77. The lowest BCUT2D eigenvalue weighted by molar-refractivity contribution is -0.141. The summed E-state index contributed by atoms with van der Waals surface area (Å²) < 4.78 is 1.59. The van der Waals surface area contributed by atoms with Gasteiger partial charge in [-0.1, -0.05) is 6.92 Å². The van der Waals surface area contributed by atoms with Crippen molar-refractivity contribution in [3.8, 4) is 0 Å². The van der Waals surface area contributed by atoms with E-state index in [0.717, 1.165) is 0 Å². The van der Waals surface area contributed by atoms with Crippen LogP contribution in [0.5, 0.6) is 0 Å². The lowest BCUT2D eigenvalue weighted by atomic mass is 10.1. The van der Waals surface area contributed by atoms with Gasteiger partial charge in [-0.2, -0.15) is 5.10 Å². The molecule has 0 bridgehead atoms. The van der Waals surface area contributed by atoms with Gasteiger partial charge in [0.25, 0.3) is 0 Å². The summed E-state index contributed by atoms with van der Waals surface area (Å²) >= 11 is 0. The van der Waals surface area contributed by atoms with Gasteiger partial charge in [0, 0.05) is 26.6 Å². The Hall–Kier alpha value is -2.12. The lowest BCUT2D eigenvalue weighted by Crippen LogP contribution is -2.40. The van der Waals surface area contributed by atoms with E-state index >= 15 is 0 Å². The minimum Gasteiger partial charge on any atom is -0.481 e. The molecule has 1 rings (SSSR count). The molecule has 0 spiro atoms. The van der Waals surface area contributed by atoms with E-state index in [1.807, 2.05) is 0 Å². The van der Waals surface area contributed by atoms with E-state index in [2.05, 4.69) is 20.7 Å². The van der Waals surface area contributed by atoms with E-state index in [4.69, 9.17) is 5.11 Å². The number of nitrogens with one attached hydrogen (secondary N) is 2. The van der Waals surface area contributed by atoms with Crippen LogP contribution < -0.4 is 10.6 Å². The molecule has 3 N–H and O–H groups in total. The molecule has 1 heterocycles. The number of aromatic nitrogens is 3. The average Bonchev–Trinajstić information content (AvgIpc) is 2.75. The summed E-state index contributed by atoms with van der Waals surface area (Å²) in [6.45, 7) is 2.30. The van der Waals surface area contributed by atoms with Gasteiger partial charge in [-0.3, -0.25) is 9.48 Å². The fourth-order valence-electron chi connectivity index (χ4n) is 1.47. The van der Waals surface area contributed by atoms with Crippen LogP contribution in [0.3, 0.4) is 0 Å². The molecular formula is C11H19N5O3. The topological polar surface area (TPSA) is 109 Å². The summed E-state index contributed by atoms with van der Waals surface area (Å²) in [5, 5.41) is 18.1. The summed E-state index contributed by atoms with van der Waals surface area (Å²) in [6, 6.07) is -0.379. The molecule has 1 atom stereocenters. The van der Waals surface area contributed by atoms with E-state index in [0.29, 0.717) is 25.2 Å². The Morgan fingerprint density at radius 2 is 2.21 bits per heavy atom. The Bertz CT molecular complexity index is 432. The number of carboxylic acids is 1. The molecule has 0 radical (unpaired) electrons. The molecule has 2 amide bonds. The molecule has 0 aromatic carbocycles. The second-order valence-corrected chi connectivity index (χ2v) is 4.16. The Balaban J connectivity index is 2.19. The first kappa shape index (κ1) is 14.9. The van der Waals surface area contributed by atoms with Crippen molar-refractivity contribution in [3.05, 3.63) is 12.2 Å². The van der Waals surface area contributed by atoms with Crippen molar-refractivity contribution in [2.75, 3.05) is 13.1 Å². The number of aryl methyl sites for hydroxylation is 1. The van der Waals surface area contributed by atoms with Gasteiger partial charge in [0.05, 0.1) is 5.92 Å². The molecule has 8 nitrogen and oxygen atoms in total. The summed E-state index contributed by atoms with van der Waals surface area (Å²) in [6.07, 6.45) is 2.60. The number of carbonyl (C=O) groups is 2. The van der Waals surface area contributed by atoms with Gasteiger partial charge in [-0.05, 0) is 6.42 Å². The van der Waals surface area contributed by atoms with E-state index in [-0.39, 0.29) is 12.6 Å². The van der Waals surface area contributed by atoms with Crippen LogP contribution in [-0.2, 0) is 18.3 Å². The molecule has 1 aromatic heterocycles. The molecule has 0 aliphatic heterocycles. The molecule has 0 aliphatic carbocycles. The van der Waals surface area contributed by atoms with E-state index in [1.54, 1.807) is 25.0 Å². The third-order valence-electron chi connectivity index (χ3n) is 2.63. The van der Waals surface area contributed by atoms with Crippen LogP contribution in [0.15, 0.2) is 6.33 Å². The maximum absolute atomic E-state index is 11.4. The van der Waals surface area contributed by atoms with Gasteiger partial charge >= 0.3 is 12.0 Å². The second-order valence-electron chi connectivity index (χ2n) is 4.16. The highest BCUT2D eigenvalue weighted by Crippen LogP contribution is 1.99. The molecular weight excluding hydrogens is 250 g/mol. The fraction of sp³-hybridized carbons (Fsp3) is 0.636. The van der Waals surface area contributed by atoms with Crippen molar-refractivity contribution in [1.82, 2.24) is 25.4 Å². The van der Waals surface area contributed by atoms with E-state index < -0.39 is 11.9 Å². The summed E-state index contributed by atoms with van der Waals surface area (Å²) in [7, 11) is 1.77. The van der Waals surface area contributed by atoms with Crippen LogP contribution >= 0.6 is 0 Å². The smallest absolute Gasteiger partial charge is 0.314 e. The number of carbonyl (C=O) groups excluding carboxylic acids is 1. The van der Waals surface area contributed by atoms with Crippen molar-refractivity contribution in [2.45, 2.75) is 19.8 Å². The summed E-state index contributed by atoms with van der Waals surface area (Å²) in [5.41, 5.74) is 0. The van der Waals surface area contributed by atoms with Crippen molar-refractivity contribution in [1.29, 1.82) is 0 Å². The number of rotatable bonds is 7. The fourth-order valence-corrected chi connectivity index (χ4v) is 1.47. The van der Waals surface area contributed by atoms with Gasteiger partial charge < -0.3 is 15.7 Å². The zero-order valence-electron chi connectivity index (χ0n) is 11.1. The minimum absolute atomic E-state index is 0.125. The normalized spacial score (nSPS) is 11.9. The second kappa shape index (κ2) is 7.34. The highest BCUT2D eigenvalue weighted by atomic mass is 16.4. The van der Waals surface area contributed by atoms with Crippen LogP contribution in [0.2, 0.25) is 0 Å². The zero-order valence-corrected chi connectivity index (χ0v) is 11.1. The van der Waals surface area contributed by atoms with Crippen LogP contribution in [0.25, 0.3) is 0 Å². The quantitative estimate of drug-likeness (QED) is 0.633. The number of hydrogen-bond acceptors (Lipinski definition) is 4. The number of nitrogens with zero attached hydrogens (tertiary/aromatic N) is 3. The first-order valence-corrected chi connectivity index (χ1v) is 6.12. The number of carboxylic acid groups (broad SMARTS) is 1. The predicted molar refractivity (Wildman–Crippen MR) is 67.5 cm³/mol. The first-order valence-electron chi connectivity index (χ1n) is 6.12. The molecule has 1 aromatic rings. The molecule has 0 saturated carbocycles. The largest absolute Gasteiger partial charge is 0.481 e. The van der Waals surface area contributed by atoms with Gasteiger partial charge in [-0.15, -0.1) is 0 Å². The minimum atomic E-state index is -0.902. The third-order valence-corrected chi connectivity index (χ3v) is 2.63.